The highest BCUT2D eigenvalue weighted by Gasteiger charge is 2.66. The summed E-state index contributed by atoms with van der Waals surface area (Å²) in [5.74, 6) is -0.407. The molecular weight excluding hydrogens is 486 g/mol. The molecule has 0 saturated carbocycles. The Bertz CT molecular complexity index is 1160. The van der Waals surface area contributed by atoms with E-state index in [4.69, 9.17) is 28.5 Å². The Hall–Kier alpha value is -3.11. The van der Waals surface area contributed by atoms with Crippen molar-refractivity contribution in [2.75, 3.05) is 20.8 Å². The average molecular weight is 520 g/mol. The topological polar surface area (TPSA) is 75.7 Å². The molecule has 2 fully saturated rings. The second-order valence-corrected chi connectivity index (χ2v) is 9.41. The van der Waals surface area contributed by atoms with Crippen LogP contribution < -0.4 is 0 Å². The van der Waals surface area contributed by atoms with Crippen LogP contribution in [0.15, 0.2) is 91.0 Å². The molecule has 200 valence electrons. The first-order chi connectivity index (χ1) is 18.6. The van der Waals surface area contributed by atoms with Gasteiger partial charge in [-0.2, -0.15) is 0 Å². The molecule has 2 aliphatic rings. The molecule has 2 saturated heterocycles. The van der Waals surface area contributed by atoms with Gasteiger partial charge < -0.3 is 23.7 Å². The molecule has 2 aliphatic heterocycles. The van der Waals surface area contributed by atoms with Crippen LogP contribution in [-0.2, 0) is 53.1 Å². The van der Waals surface area contributed by atoms with E-state index < -0.39 is 36.1 Å². The maximum absolute atomic E-state index is 13.7. The summed E-state index contributed by atoms with van der Waals surface area (Å²) in [6.45, 7) is 0.866. The van der Waals surface area contributed by atoms with E-state index in [9.17, 15) is 4.79 Å². The van der Waals surface area contributed by atoms with E-state index in [1.807, 2.05) is 91.0 Å². The van der Waals surface area contributed by atoms with Gasteiger partial charge in [-0.1, -0.05) is 91.0 Å². The number of hydrogen-bond donors (Lipinski definition) is 0. The Labute approximate surface area is 222 Å². The van der Waals surface area contributed by atoms with Gasteiger partial charge in [0.1, 0.15) is 18.3 Å². The van der Waals surface area contributed by atoms with Gasteiger partial charge in [-0.3, -0.25) is 9.63 Å². The molecule has 8 nitrogen and oxygen atoms in total. The zero-order valence-electron chi connectivity index (χ0n) is 21.6. The van der Waals surface area contributed by atoms with Gasteiger partial charge in [0.05, 0.1) is 33.5 Å². The number of ether oxygens (including phenoxy) is 5. The fourth-order valence-corrected chi connectivity index (χ4v) is 4.85. The molecule has 2 bridgehead atoms. The molecule has 1 amide bonds. The largest absolute Gasteiger partial charge is 0.368 e. The molecule has 0 aliphatic carbocycles. The second kappa shape index (κ2) is 12.2. The van der Waals surface area contributed by atoms with Gasteiger partial charge in [-0.05, 0) is 16.7 Å². The number of likely N-dealkylation sites (N-methyl/N-ethyl adjacent to an activating group) is 1. The number of carbonyl (C=O) groups excluding carboxylic acids is 1. The van der Waals surface area contributed by atoms with Crippen LogP contribution in [0.2, 0.25) is 0 Å². The molecule has 5 rings (SSSR count). The van der Waals surface area contributed by atoms with Crippen molar-refractivity contribution in [3.05, 3.63) is 108 Å². The van der Waals surface area contributed by atoms with Gasteiger partial charge in [-0.15, -0.1) is 0 Å². The van der Waals surface area contributed by atoms with Crippen molar-refractivity contribution in [2.24, 2.45) is 0 Å². The molecule has 8 heteroatoms. The lowest BCUT2D eigenvalue weighted by Crippen LogP contribution is -2.68. The third kappa shape index (κ3) is 5.66. The minimum Gasteiger partial charge on any atom is -0.368 e. The number of benzene rings is 3. The summed E-state index contributed by atoms with van der Waals surface area (Å²) in [6, 6.07) is 29.5. The number of amides is 1. The van der Waals surface area contributed by atoms with Crippen molar-refractivity contribution >= 4 is 5.91 Å². The highest BCUT2D eigenvalue weighted by atomic mass is 16.8. The zero-order valence-corrected chi connectivity index (χ0v) is 21.6. The number of nitrogens with zero attached hydrogens (tertiary/aromatic N) is 1. The van der Waals surface area contributed by atoms with Gasteiger partial charge >= 0.3 is 0 Å². The second-order valence-electron chi connectivity index (χ2n) is 9.41. The van der Waals surface area contributed by atoms with Gasteiger partial charge in [0.2, 0.25) is 5.60 Å². The lowest BCUT2D eigenvalue weighted by atomic mass is 9.87. The lowest BCUT2D eigenvalue weighted by molar-refractivity contribution is -0.294. The van der Waals surface area contributed by atoms with Crippen LogP contribution in [0.1, 0.15) is 16.7 Å². The average Bonchev–Trinajstić information content (AvgIpc) is 3.37. The standard InChI is InChI=1S/C30H33NO7/c1-31(33-2)29(32)30-21-37-28(38-30)26(35-19-23-14-8-4-9-15-23)25(34-18-22-12-6-3-7-13-22)27(30)36-20-24-16-10-5-11-17-24/h3-17,25-28H,18-21H2,1-2H3/t25-,26+,27+,28+,30+/m1/s1. The van der Waals surface area contributed by atoms with Crippen molar-refractivity contribution in [3.63, 3.8) is 0 Å². The SMILES string of the molecule is CON(C)C(=O)[C@@]12CO[C@@H](O1)[C@@H](OCc1ccccc1)[C@@H](OCc1ccccc1)[C@@H]2OCc1ccccc1. The summed E-state index contributed by atoms with van der Waals surface area (Å²) >= 11 is 0. The van der Waals surface area contributed by atoms with Crippen molar-refractivity contribution in [3.8, 4) is 0 Å². The predicted octanol–water partition coefficient (Wildman–Crippen LogP) is 3.89. The van der Waals surface area contributed by atoms with Gasteiger partial charge in [0.25, 0.3) is 5.91 Å². The van der Waals surface area contributed by atoms with E-state index in [-0.39, 0.29) is 13.2 Å². The van der Waals surface area contributed by atoms with E-state index in [0.717, 1.165) is 21.8 Å². The maximum Gasteiger partial charge on any atom is 0.283 e. The van der Waals surface area contributed by atoms with E-state index in [1.54, 1.807) is 7.05 Å². The molecule has 5 atom stereocenters. The predicted molar refractivity (Wildman–Crippen MR) is 138 cm³/mol. The number of rotatable bonds is 11. The smallest absolute Gasteiger partial charge is 0.283 e. The third-order valence-electron chi connectivity index (χ3n) is 6.90. The van der Waals surface area contributed by atoms with Crippen LogP contribution in [0, 0.1) is 0 Å². The van der Waals surface area contributed by atoms with Crippen LogP contribution in [0.4, 0.5) is 0 Å². The summed E-state index contributed by atoms with van der Waals surface area (Å²) in [4.78, 5) is 18.9. The Kier molecular flexibility index (Phi) is 8.48. The zero-order chi connectivity index (χ0) is 26.4. The van der Waals surface area contributed by atoms with Gasteiger partial charge in [0, 0.05) is 7.05 Å². The Balaban J connectivity index is 1.47. The molecular formula is C30H33NO7. The van der Waals surface area contributed by atoms with Crippen LogP contribution in [0.25, 0.3) is 0 Å². The monoisotopic (exact) mass is 519 g/mol. The number of carbonyl (C=O) groups is 1. The minimum atomic E-state index is -1.46. The molecule has 2 heterocycles. The number of hydroxylamine groups is 2. The van der Waals surface area contributed by atoms with Crippen molar-refractivity contribution < 1.29 is 33.3 Å². The molecule has 0 aromatic heterocycles. The molecule has 0 N–H and O–H groups in total. The molecule has 0 unspecified atom stereocenters. The number of fused-ring (bicyclic) bond motifs is 2. The van der Waals surface area contributed by atoms with Crippen LogP contribution >= 0.6 is 0 Å². The molecule has 3 aromatic rings. The van der Waals surface area contributed by atoms with Crippen LogP contribution in [0.3, 0.4) is 0 Å². The highest BCUT2D eigenvalue weighted by Crippen LogP contribution is 2.43. The Morgan fingerprint density at radius 2 is 1.26 bits per heavy atom. The van der Waals surface area contributed by atoms with Crippen molar-refractivity contribution in [1.29, 1.82) is 0 Å². The minimum absolute atomic E-state index is 0.0138. The van der Waals surface area contributed by atoms with Gasteiger partial charge in [-0.25, -0.2) is 5.06 Å². The Morgan fingerprint density at radius 1 is 0.789 bits per heavy atom. The van der Waals surface area contributed by atoms with E-state index in [1.165, 1.54) is 7.11 Å². The molecule has 0 spiro atoms. The normalized spacial score (nSPS) is 26.3. The summed E-state index contributed by atoms with van der Waals surface area (Å²) < 4.78 is 31.8. The Morgan fingerprint density at radius 3 is 1.76 bits per heavy atom. The highest BCUT2D eigenvalue weighted by molar-refractivity contribution is 5.86. The lowest BCUT2D eigenvalue weighted by Gasteiger charge is -2.46. The van der Waals surface area contributed by atoms with Crippen molar-refractivity contribution in [1.82, 2.24) is 5.06 Å². The van der Waals surface area contributed by atoms with Crippen LogP contribution in [0.5, 0.6) is 0 Å². The summed E-state index contributed by atoms with van der Waals surface area (Å²) in [6.07, 6.45) is -2.96. The third-order valence-corrected chi connectivity index (χ3v) is 6.90. The molecule has 38 heavy (non-hydrogen) atoms. The summed E-state index contributed by atoms with van der Waals surface area (Å²) in [7, 11) is 2.97. The quantitative estimate of drug-likeness (QED) is 0.356. The summed E-state index contributed by atoms with van der Waals surface area (Å²) in [5.41, 5.74) is 1.49. The van der Waals surface area contributed by atoms with Gasteiger partial charge in [0.15, 0.2) is 6.29 Å². The van der Waals surface area contributed by atoms with E-state index >= 15 is 0 Å². The van der Waals surface area contributed by atoms with Crippen LogP contribution in [-0.4, -0.2) is 61.9 Å². The van der Waals surface area contributed by atoms with E-state index in [0.29, 0.717) is 13.2 Å². The maximum atomic E-state index is 13.7. The number of hydrogen-bond acceptors (Lipinski definition) is 7. The fraction of sp³-hybridized carbons (Fsp3) is 0.367. The van der Waals surface area contributed by atoms with E-state index in [2.05, 4.69) is 0 Å². The molecule has 0 radical (unpaired) electrons. The first-order valence-corrected chi connectivity index (χ1v) is 12.7. The first kappa shape index (κ1) is 26.5. The fourth-order valence-electron chi connectivity index (χ4n) is 4.85. The first-order valence-electron chi connectivity index (χ1n) is 12.7. The van der Waals surface area contributed by atoms with Crippen molar-refractivity contribution in [2.45, 2.75) is 50.0 Å². The molecule has 3 aromatic carbocycles. The summed E-state index contributed by atoms with van der Waals surface area (Å²) in [5, 5.41) is 1.14.